The summed E-state index contributed by atoms with van der Waals surface area (Å²) in [6, 6.07) is 4.04. The van der Waals surface area contributed by atoms with Crippen LogP contribution in [0.25, 0.3) is 0 Å². The molecule has 0 saturated carbocycles. The fourth-order valence-corrected chi connectivity index (χ4v) is 5.02. The maximum absolute atomic E-state index is 14.8. The molecule has 0 amide bonds. The van der Waals surface area contributed by atoms with Crippen LogP contribution in [0.15, 0.2) is 35.5 Å². The number of carbonyl (C=O) groups excluding carboxylic acids is 1. The molecule has 4 rings (SSSR count). The van der Waals surface area contributed by atoms with E-state index in [0.29, 0.717) is 5.56 Å². The lowest BCUT2D eigenvalue weighted by Crippen LogP contribution is -2.43. The third-order valence-electron chi connectivity index (χ3n) is 6.93. The maximum atomic E-state index is 14.8. The van der Waals surface area contributed by atoms with Crippen LogP contribution >= 0.6 is 11.6 Å². The van der Waals surface area contributed by atoms with Gasteiger partial charge in [-0.2, -0.15) is 44.6 Å². The Morgan fingerprint density at radius 3 is 2.38 bits per heavy atom. The minimum absolute atomic E-state index is 0.0107. The number of aryl methyl sites for hydroxylation is 1. The minimum atomic E-state index is -5.42. The molecule has 0 aliphatic carbocycles. The summed E-state index contributed by atoms with van der Waals surface area (Å²) in [7, 11) is 0. The van der Waals surface area contributed by atoms with Gasteiger partial charge in [-0.05, 0) is 48.6 Å². The summed E-state index contributed by atoms with van der Waals surface area (Å²) in [5, 5.41) is 3.02. The summed E-state index contributed by atoms with van der Waals surface area (Å²) in [6.07, 6.45) is -16.0. The third kappa shape index (κ3) is 6.67. The van der Waals surface area contributed by atoms with Crippen molar-refractivity contribution in [2.75, 3.05) is 19.7 Å². The van der Waals surface area contributed by atoms with E-state index in [9.17, 15) is 48.7 Å². The Morgan fingerprint density at radius 1 is 1.10 bits per heavy atom. The smallest absolute Gasteiger partial charge is 0.374 e. The molecule has 2 aromatic carbocycles. The van der Waals surface area contributed by atoms with Gasteiger partial charge in [0.15, 0.2) is 5.78 Å². The molecule has 2 atom stereocenters. The van der Waals surface area contributed by atoms with Crippen molar-refractivity contribution in [3.63, 3.8) is 0 Å². The molecular weight excluding hydrogens is 614 g/mol. The second kappa shape index (κ2) is 11.3. The number of ketones is 1. The van der Waals surface area contributed by atoms with Crippen LogP contribution in [-0.4, -0.2) is 48.6 Å². The molecule has 2 aliphatic rings. The fraction of sp³-hybridized carbons (Fsp3) is 0.462. The predicted octanol–water partition coefficient (Wildman–Crippen LogP) is 7.78. The third-order valence-corrected chi connectivity index (χ3v) is 7.20. The number of halogens is 11. The number of benzene rings is 2. The lowest BCUT2D eigenvalue weighted by Gasteiger charge is -2.30. The molecule has 5 nitrogen and oxygen atoms in total. The van der Waals surface area contributed by atoms with Crippen molar-refractivity contribution in [3.05, 3.63) is 69.0 Å². The molecule has 2 heterocycles. The van der Waals surface area contributed by atoms with Crippen molar-refractivity contribution in [2.24, 2.45) is 11.1 Å². The zero-order chi connectivity index (χ0) is 31.3. The summed E-state index contributed by atoms with van der Waals surface area (Å²) in [5.41, 5.74) is -6.51. The van der Waals surface area contributed by atoms with E-state index in [1.54, 1.807) is 0 Å². The second-order valence-corrected chi connectivity index (χ2v) is 10.4. The van der Waals surface area contributed by atoms with Crippen LogP contribution in [0.1, 0.15) is 51.9 Å². The Morgan fingerprint density at radius 2 is 1.79 bits per heavy atom. The number of alkyl halides is 9. The van der Waals surface area contributed by atoms with E-state index in [-0.39, 0.29) is 66.7 Å². The Hall–Kier alpha value is -2.91. The standard InChI is InChI=1S/C26H21ClF10N2O3/c1-13-6-15(3-4-17(13)21(40)5-2-14-10-39(41-11-14)12-24(29,30)31)20-9-23(42-38-20,26(35,36)37)18-7-16(25(32,33)34)8-19(27)22(18)28/h3-4,6-8,14H,2,5,9-12H2,1H3/t14-,23-/m0/s1. The molecule has 42 heavy (non-hydrogen) atoms. The number of nitrogens with zero attached hydrogens (tertiary/aromatic N) is 2. The highest BCUT2D eigenvalue weighted by molar-refractivity contribution is 6.30. The van der Waals surface area contributed by atoms with E-state index < -0.39 is 59.1 Å². The number of hydrogen-bond acceptors (Lipinski definition) is 5. The lowest BCUT2D eigenvalue weighted by atomic mass is 9.84. The van der Waals surface area contributed by atoms with Gasteiger partial charge >= 0.3 is 18.5 Å². The first-order chi connectivity index (χ1) is 19.3. The number of oxime groups is 1. The molecule has 2 aliphatic heterocycles. The van der Waals surface area contributed by atoms with Crippen molar-refractivity contribution >= 4 is 23.1 Å². The highest BCUT2D eigenvalue weighted by Crippen LogP contribution is 2.51. The van der Waals surface area contributed by atoms with Crippen LogP contribution in [0.2, 0.25) is 5.02 Å². The van der Waals surface area contributed by atoms with Gasteiger partial charge in [0.25, 0.3) is 5.60 Å². The number of hydroxylamine groups is 2. The molecule has 16 heteroatoms. The predicted molar refractivity (Wildman–Crippen MR) is 128 cm³/mol. The van der Waals surface area contributed by atoms with Crippen molar-refractivity contribution in [1.82, 2.24) is 5.06 Å². The monoisotopic (exact) mass is 634 g/mol. The zero-order valence-electron chi connectivity index (χ0n) is 21.5. The van der Waals surface area contributed by atoms with Gasteiger partial charge in [-0.3, -0.25) is 9.63 Å². The number of carbonyl (C=O) groups is 1. The first-order valence-electron chi connectivity index (χ1n) is 12.3. The van der Waals surface area contributed by atoms with Gasteiger partial charge in [0.05, 0.1) is 29.3 Å². The van der Waals surface area contributed by atoms with E-state index in [1.807, 2.05) is 0 Å². The van der Waals surface area contributed by atoms with Crippen molar-refractivity contribution in [2.45, 2.75) is 50.3 Å². The first-order valence-corrected chi connectivity index (χ1v) is 12.7. The molecular formula is C26H21ClF10N2O3. The molecule has 0 spiro atoms. The Bertz CT molecular complexity index is 1390. The van der Waals surface area contributed by atoms with Crippen LogP contribution in [0, 0.1) is 18.7 Å². The van der Waals surface area contributed by atoms with Crippen molar-refractivity contribution in [1.29, 1.82) is 0 Å². The first kappa shape index (κ1) is 32.0. The minimum Gasteiger partial charge on any atom is -0.374 e. The fourth-order valence-electron chi connectivity index (χ4n) is 4.80. The molecule has 230 valence electrons. The van der Waals surface area contributed by atoms with Crippen LogP contribution in [0.4, 0.5) is 43.9 Å². The van der Waals surface area contributed by atoms with Gasteiger partial charge in [-0.25, -0.2) is 4.39 Å². The van der Waals surface area contributed by atoms with E-state index >= 15 is 0 Å². The van der Waals surface area contributed by atoms with E-state index in [1.165, 1.54) is 25.1 Å². The molecule has 0 unspecified atom stereocenters. The van der Waals surface area contributed by atoms with Gasteiger partial charge in [0, 0.05) is 24.1 Å². The van der Waals surface area contributed by atoms with E-state index in [4.69, 9.17) is 16.4 Å². The molecule has 1 saturated heterocycles. The summed E-state index contributed by atoms with van der Waals surface area (Å²) in [4.78, 5) is 22.4. The van der Waals surface area contributed by atoms with Gasteiger partial charge in [-0.15, -0.1) is 0 Å². The Labute approximate surface area is 236 Å². The Balaban J connectivity index is 1.51. The molecule has 1 fully saturated rings. The molecule has 0 aromatic heterocycles. The average Bonchev–Trinajstić information content (AvgIpc) is 3.50. The summed E-state index contributed by atoms with van der Waals surface area (Å²) < 4.78 is 135. The van der Waals surface area contributed by atoms with Gasteiger partial charge in [-0.1, -0.05) is 28.9 Å². The highest BCUT2D eigenvalue weighted by Gasteiger charge is 2.64. The van der Waals surface area contributed by atoms with E-state index in [2.05, 4.69) is 9.99 Å². The van der Waals surface area contributed by atoms with Crippen molar-refractivity contribution in [3.8, 4) is 0 Å². The maximum Gasteiger partial charge on any atom is 0.435 e. The number of rotatable bonds is 7. The molecule has 0 bridgehead atoms. The summed E-state index contributed by atoms with van der Waals surface area (Å²) in [6.45, 7) is 0.248. The van der Waals surface area contributed by atoms with Gasteiger partial charge < -0.3 is 4.84 Å². The number of Topliss-reactive ketones (excluding diaryl/α,β-unsaturated/α-hetero) is 1. The average molecular weight is 635 g/mol. The van der Waals surface area contributed by atoms with Crippen LogP contribution < -0.4 is 0 Å². The van der Waals surface area contributed by atoms with Crippen LogP contribution in [-0.2, 0) is 21.5 Å². The van der Waals surface area contributed by atoms with Gasteiger partial charge in [0.2, 0.25) is 0 Å². The highest BCUT2D eigenvalue weighted by atomic mass is 35.5. The molecule has 0 N–H and O–H groups in total. The van der Waals surface area contributed by atoms with Crippen LogP contribution in [0.5, 0.6) is 0 Å². The molecule has 2 aromatic rings. The van der Waals surface area contributed by atoms with E-state index in [0.717, 1.165) is 5.06 Å². The lowest BCUT2D eigenvalue weighted by molar-refractivity contribution is -0.276. The molecule has 0 radical (unpaired) electrons. The normalized spacial score (nSPS) is 21.9. The Kier molecular flexibility index (Phi) is 8.61. The van der Waals surface area contributed by atoms with Gasteiger partial charge in [0.1, 0.15) is 12.4 Å². The SMILES string of the molecule is Cc1cc(C2=NO[C@@](c3cc(C(F)(F)F)cc(Cl)c3F)(C(F)(F)F)C2)ccc1C(=O)CC[C@@H]1CON(CC(F)(F)F)C1. The topological polar surface area (TPSA) is 51.1 Å². The van der Waals surface area contributed by atoms with Crippen molar-refractivity contribution < 1.29 is 58.4 Å². The van der Waals surface area contributed by atoms with Crippen LogP contribution in [0.3, 0.4) is 0 Å². The zero-order valence-corrected chi connectivity index (χ0v) is 22.2. The quantitative estimate of drug-likeness (QED) is 0.231. The largest absolute Gasteiger partial charge is 0.435 e. The number of hydrogen-bond donors (Lipinski definition) is 0. The summed E-state index contributed by atoms with van der Waals surface area (Å²) >= 11 is 5.51. The second-order valence-electron chi connectivity index (χ2n) is 10.0. The summed E-state index contributed by atoms with van der Waals surface area (Å²) in [5.74, 6) is -2.44.